The van der Waals surface area contributed by atoms with E-state index in [1.54, 1.807) is 13.8 Å². The van der Waals surface area contributed by atoms with Crippen LogP contribution in [0.25, 0.3) is 0 Å². The second-order valence-electron chi connectivity index (χ2n) is 6.91. The number of allylic oxidation sites excluding steroid dienone is 1. The van der Waals surface area contributed by atoms with Crippen LogP contribution in [0.3, 0.4) is 0 Å². The summed E-state index contributed by atoms with van der Waals surface area (Å²) < 4.78 is 4.84. The quantitative estimate of drug-likeness (QED) is 0.654. The van der Waals surface area contributed by atoms with Gasteiger partial charge in [-0.1, -0.05) is 51.1 Å². The van der Waals surface area contributed by atoms with Crippen molar-refractivity contribution in [2.24, 2.45) is 16.3 Å². The number of methoxy groups -OCH3 is 1. The van der Waals surface area contributed by atoms with Gasteiger partial charge in [0.1, 0.15) is 11.7 Å². The van der Waals surface area contributed by atoms with Crippen LogP contribution in [0.1, 0.15) is 39.2 Å². The number of Topliss-reactive ketones (excluding diaryl/α,β-unsaturated/α-hetero) is 1. The highest BCUT2D eigenvalue weighted by Gasteiger charge is 2.47. The molecule has 1 atom stereocenters. The van der Waals surface area contributed by atoms with Gasteiger partial charge in [0.05, 0.1) is 19.2 Å². The van der Waals surface area contributed by atoms with Gasteiger partial charge in [-0.2, -0.15) is 0 Å². The van der Waals surface area contributed by atoms with Crippen molar-refractivity contribution in [1.82, 2.24) is 0 Å². The zero-order valence-corrected chi connectivity index (χ0v) is 15.2. The lowest BCUT2D eigenvalue weighted by molar-refractivity contribution is -0.150. The SMILES string of the molecule is CCC(=NCc1ccccc1)C1=C(O)C(C(=O)OC)C(C)(C)CC1=O. The van der Waals surface area contributed by atoms with Crippen LogP contribution in [-0.4, -0.2) is 29.7 Å². The highest BCUT2D eigenvalue weighted by Crippen LogP contribution is 2.42. The normalized spacial score (nSPS) is 20.6. The molecule has 1 aromatic carbocycles. The monoisotopic (exact) mass is 343 g/mol. The molecule has 0 bridgehead atoms. The Kier molecular flexibility index (Phi) is 5.77. The van der Waals surface area contributed by atoms with Gasteiger partial charge in [-0.3, -0.25) is 14.6 Å². The summed E-state index contributed by atoms with van der Waals surface area (Å²) in [7, 11) is 1.28. The number of rotatable bonds is 5. The molecule has 0 aromatic heterocycles. The first-order chi connectivity index (χ1) is 11.8. The number of nitrogens with zero attached hydrogens (tertiary/aromatic N) is 1. The number of carbonyl (C=O) groups excluding carboxylic acids is 2. The zero-order chi connectivity index (χ0) is 18.6. The molecule has 0 radical (unpaired) electrons. The van der Waals surface area contributed by atoms with Crippen LogP contribution in [0, 0.1) is 11.3 Å². The first kappa shape index (κ1) is 18.9. The van der Waals surface area contributed by atoms with Crippen LogP contribution < -0.4 is 0 Å². The number of aliphatic imine (C=N–C) groups is 1. The first-order valence-corrected chi connectivity index (χ1v) is 8.43. The molecular formula is C20H25NO4. The van der Waals surface area contributed by atoms with Gasteiger partial charge in [0, 0.05) is 12.1 Å². The fourth-order valence-electron chi connectivity index (χ4n) is 3.26. The second kappa shape index (κ2) is 7.64. The average molecular weight is 343 g/mol. The standard InChI is InChI=1S/C20H25NO4/c1-5-14(21-12-13-9-7-6-8-10-13)16-15(22)11-20(2,3)17(18(16)23)19(24)25-4/h6-10,17,23H,5,11-12H2,1-4H3. The Morgan fingerprint density at radius 2 is 1.96 bits per heavy atom. The molecule has 5 nitrogen and oxygen atoms in total. The Morgan fingerprint density at radius 3 is 2.52 bits per heavy atom. The molecule has 0 amide bonds. The summed E-state index contributed by atoms with van der Waals surface area (Å²) in [6.45, 7) is 5.86. The number of ether oxygens (including phenoxy) is 1. The van der Waals surface area contributed by atoms with Crippen molar-refractivity contribution in [3.05, 3.63) is 47.2 Å². The Morgan fingerprint density at radius 1 is 1.32 bits per heavy atom. The summed E-state index contributed by atoms with van der Waals surface area (Å²) in [6, 6.07) is 9.68. The largest absolute Gasteiger partial charge is 0.511 e. The lowest BCUT2D eigenvalue weighted by atomic mass is 9.67. The number of hydrogen-bond acceptors (Lipinski definition) is 5. The zero-order valence-electron chi connectivity index (χ0n) is 15.2. The third kappa shape index (κ3) is 3.98. The molecule has 0 saturated carbocycles. The molecule has 0 spiro atoms. The van der Waals surface area contributed by atoms with Gasteiger partial charge in [0.2, 0.25) is 0 Å². The average Bonchev–Trinajstić information content (AvgIpc) is 2.57. The van der Waals surface area contributed by atoms with Crippen LogP contribution >= 0.6 is 0 Å². The minimum Gasteiger partial charge on any atom is -0.511 e. The van der Waals surface area contributed by atoms with E-state index in [1.807, 2.05) is 37.3 Å². The molecule has 1 unspecified atom stereocenters. The minimum absolute atomic E-state index is 0.163. The molecule has 1 aromatic rings. The molecule has 25 heavy (non-hydrogen) atoms. The van der Waals surface area contributed by atoms with Gasteiger partial charge >= 0.3 is 5.97 Å². The van der Waals surface area contributed by atoms with E-state index in [9.17, 15) is 14.7 Å². The molecular weight excluding hydrogens is 318 g/mol. The molecule has 1 N–H and O–H groups in total. The number of benzene rings is 1. The predicted molar refractivity (Wildman–Crippen MR) is 96.4 cm³/mol. The lowest BCUT2D eigenvalue weighted by Crippen LogP contribution is -2.41. The molecule has 0 heterocycles. The van der Waals surface area contributed by atoms with Crippen molar-refractivity contribution in [2.45, 2.75) is 40.2 Å². The second-order valence-corrected chi connectivity index (χ2v) is 6.91. The van der Waals surface area contributed by atoms with Crippen molar-refractivity contribution in [1.29, 1.82) is 0 Å². The summed E-state index contributed by atoms with van der Waals surface area (Å²) in [5.41, 5.74) is 1.02. The summed E-state index contributed by atoms with van der Waals surface area (Å²) in [4.78, 5) is 29.3. The van der Waals surface area contributed by atoms with Gasteiger partial charge in [0.15, 0.2) is 5.78 Å². The van der Waals surface area contributed by atoms with Gasteiger partial charge in [-0.25, -0.2) is 0 Å². The molecule has 134 valence electrons. The van der Waals surface area contributed by atoms with Crippen molar-refractivity contribution in [3.8, 4) is 0 Å². The fraction of sp³-hybridized carbons (Fsp3) is 0.450. The molecule has 1 aliphatic rings. The minimum atomic E-state index is -0.862. The van der Waals surface area contributed by atoms with Crippen molar-refractivity contribution >= 4 is 17.5 Å². The van der Waals surface area contributed by atoms with E-state index in [1.165, 1.54) is 7.11 Å². The molecule has 0 fully saturated rings. The first-order valence-electron chi connectivity index (χ1n) is 8.43. The van der Waals surface area contributed by atoms with Gasteiger partial charge in [-0.05, 0) is 17.4 Å². The predicted octanol–water partition coefficient (Wildman–Crippen LogP) is 3.64. The van der Waals surface area contributed by atoms with E-state index in [2.05, 4.69) is 4.99 Å². The van der Waals surface area contributed by atoms with Crippen LogP contribution in [0.15, 0.2) is 46.7 Å². The lowest BCUT2D eigenvalue weighted by Gasteiger charge is -2.36. The maximum absolute atomic E-state index is 12.6. The third-order valence-electron chi connectivity index (χ3n) is 4.56. The molecule has 5 heteroatoms. The van der Waals surface area contributed by atoms with E-state index >= 15 is 0 Å². The van der Waals surface area contributed by atoms with E-state index in [0.717, 1.165) is 5.56 Å². The fourth-order valence-corrected chi connectivity index (χ4v) is 3.26. The number of aliphatic hydroxyl groups is 1. The van der Waals surface area contributed by atoms with Gasteiger partial charge in [0.25, 0.3) is 0 Å². The van der Waals surface area contributed by atoms with E-state index in [4.69, 9.17) is 4.74 Å². The van der Waals surface area contributed by atoms with Gasteiger partial charge < -0.3 is 9.84 Å². The Balaban J connectivity index is 2.44. The molecule has 2 rings (SSSR count). The number of hydrogen-bond donors (Lipinski definition) is 1. The van der Waals surface area contributed by atoms with Crippen molar-refractivity contribution in [2.75, 3.05) is 7.11 Å². The van der Waals surface area contributed by atoms with Gasteiger partial charge in [-0.15, -0.1) is 0 Å². The third-order valence-corrected chi connectivity index (χ3v) is 4.56. The van der Waals surface area contributed by atoms with Crippen LogP contribution in [0.5, 0.6) is 0 Å². The molecule has 0 aliphatic heterocycles. The number of carbonyl (C=O) groups is 2. The summed E-state index contributed by atoms with van der Waals surface area (Å²) >= 11 is 0. The summed E-state index contributed by atoms with van der Waals surface area (Å²) in [5.74, 6) is -1.80. The molecule has 0 saturated heterocycles. The maximum Gasteiger partial charge on any atom is 0.316 e. The Bertz CT molecular complexity index is 716. The van der Waals surface area contributed by atoms with Crippen LogP contribution in [0.2, 0.25) is 0 Å². The van der Waals surface area contributed by atoms with Crippen molar-refractivity contribution < 1.29 is 19.4 Å². The van der Waals surface area contributed by atoms with E-state index in [0.29, 0.717) is 18.7 Å². The van der Waals surface area contributed by atoms with E-state index < -0.39 is 17.3 Å². The molecule has 1 aliphatic carbocycles. The van der Waals surface area contributed by atoms with E-state index in [-0.39, 0.29) is 23.5 Å². The van der Waals surface area contributed by atoms with Crippen LogP contribution in [0.4, 0.5) is 0 Å². The number of ketones is 1. The number of aliphatic hydroxyl groups excluding tert-OH is 1. The van der Waals surface area contributed by atoms with Crippen molar-refractivity contribution in [3.63, 3.8) is 0 Å². The highest BCUT2D eigenvalue weighted by atomic mass is 16.5. The smallest absolute Gasteiger partial charge is 0.316 e. The Labute approximate surface area is 148 Å². The number of esters is 1. The topological polar surface area (TPSA) is 76.0 Å². The highest BCUT2D eigenvalue weighted by molar-refractivity contribution is 6.23. The summed E-state index contributed by atoms with van der Waals surface area (Å²) in [5, 5.41) is 10.7. The Hall–Kier alpha value is -2.43. The summed E-state index contributed by atoms with van der Waals surface area (Å²) in [6.07, 6.45) is 0.656. The maximum atomic E-state index is 12.6. The van der Waals surface area contributed by atoms with Crippen LogP contribution in [-0.2, 0) is 20.9 Å².